The van der Waals surface area contributed by atoms with Crippen molar-refractivity contribution in [2.45, 2.75) is 6.42 Å². The highest BCUT2D eigenvalue weighted by atomic mass is 35.5. The van der Waals surface area contributed by atoms with Gasteiger partial charge >= 0.3 is 5.63 Å². The molecule has 1 aromatic heterocycles. The maximum Gasteiger partial charge on any atom is 0.349 e. The van der Waals surface area contributed by atoms with Crippen molar-refractivity contribution in [2.24, 2.45) is 0 Å². The van der Waals surface area contributed by atoms with E-state index in [9.17, 15) is 9.59 Å². The SMILES string of the molecule is C=CCc1cccc2cc(C(=O)Nc3cc(Cl)ccc3OC)c(=O)oc12. The van der Waals surface area contributed by atoms with Gasteiger partial charge in [-0.3, -0.25) is 4.79 Å². The Morgan fingerprint density at radius 2 is 2.12 bits per heavy atom. The molecule has 0 radical (unpaired) electrons. The molecule has 1 heterocycles. The summed E-state index contributed by atoms with van der Waals surface area (Å²) in [6, 6.07) is 11.8. The van der Waals surface area contributed by atoms with Crippen molar-refractivity contribution >= 4 is 34.2 Å². The Bertz CT molecular complexity index is 1060. The predicted molar refractivity (Wildman–Crippen MR) is 102 cm³/mol. The fraction of sp³-hybridized carbons (Fsp3) is 0.100. The van der Waals surface area contributed by atoms with Gasteiger partial charge in [-0.15, -0.1) is 6.58 Å². The van der Waals surface area contributed by atoms with Crippen LogP contribution in [0.2, 0.25) is 5.02 Å². The summed E-state index contributed by atoms with van der Waals surface area (Å²) in [5, 5.41) is 3.73. The lowest BCUT2D eigenvalue weighted by molar-refractivity contribution is 0.102. The zero-order valence-corrected chi connectivity index (χ0v) is 14.8. The van der Waals surface area contributed by atoms with Crippen LogP contribution in [-0.4, -0.2) is 13.0 Å². The number of nitrogens with one attached hydrogen (secondary N) is 1. The Labute approximate surface area is 154 Å². The standard InChI is InChI=1S/C20H16ClNO4/c1-3-5-12-6-4-7-13-10-15(20(24)26-18(12)13)19(23)22-16-11-14(21)8-9-17(16)25-2/h3-4,6-11H,1,5H2,2H3,(H,22,23). The molecule has 2 aromatic carbocycles. The van der Waals surface area contributed by atoms with Crippen LogP contribution in [0.5, 0.6) is 5.75 Å². The second-order valence-electron chi connectivity index (χ2n) is 5.57. The third kappa shape index (κ3) is 3.48. The number of halogens is 1. The van der Waals surface area contributed by atoms with E-state index in [0.29, 0.717) is 33.8 Å². The summed E-state index contributed by atoms with van der Waals surface area (Å²) in [4.78, 5) is 24.9. The number of carbonyl (C=O) groups excluding carboxylic acids is 1. The van der Waals surface area contributed by atoms with E-state index in [2.05, 4.69) is 11.9 Å². The number of anilines is 1. The van der Waals surface area contributed by atoms with E-state index in [0.717, 1.165) is 5.56 Å². The topological polar surface area (TPSA) is 68.5 Å². The average Bonchev–Trinajstić information content (AvgIpc) is 2.62. The summed E-state index contributed by atoms with van der Waals surface area (Å²) < 4.78 is 10.6. The smallest absolute Gasteiger partial charge is 0.349 e. The van der Waals surface area contributed by atoms with Crippen LogP contribution in [0.1, 0.15) is 15.9 Å². The van der Waals surface area contributed by atoms with Crippen molar-refractivity contribution in [2.75, 3.05) is 12.4 Å². The molecule has 0 unspecified atom stereocenters. The molecule has 3 aromatic rings. The van der Waals surface area contributed by atoms with Crippen LogP contribution < -0.4 is 15.7 Å². The van der Waals surface area contributed by atoms with E-state index >= 15 is 0 Å². The first-order chi connectivity index (χ1) is 12.5. The number of rotatable bonds is 5. The van der Waals surface area contributed by atoms with Gasteiger partial charge in [0.05, 0.1) is 12.8 Å². The minimum Gasteiger partial charge on any atom is -0.495 e. The third-order valence-corrected chi connectivity index (χ3v) is 4.10. The first-order valence-electron chi connectivity index (χ1n) is 7.85. The van der Waals surface area contributed by atoms with Gasteiger partial charge in [0.2, 0.25) is 0 Å². The second-order valence-corrected chi connectivity index (χ2v) is 6.01. The van der Waals surface area contributed by atoms with Gasteiger partial charge in [-0.25, -0.2) is 4.79 Å². The summed E-state index contributed by atoms with van der Waals surface area (Å²) in [7, 11) is 1.48. The van der Waals surface area contributed by atoms with Crippen LogP contribution in [0, 0.1) is 0 Å². The summed E-state index contributed by atoms with van der Waals surface area (Å²) in [5.41, 5.74) is 0.833. The van der Waals surface area contributed by atoms with Crippen LogP contribution in [0.25, 0.3) is 11.0 Å². The number of methoxy groups -OCH3 is 1. The molecule has 5 nitrogen and oxygen atoms in total. The molecule has 0 aliphatic heterocycles. The fourth-order valence-electron chi connectivity index (χ4n) is 2.65. The number of carbonyl (C=O) groups is 1. The largest absolute Gasteiger partial charge is 0.495 e. The third-order valence-electron chi connectivity index (χ3n) is 3.86. The van der Waals surface area contributed by atoms with Gasteiger partial charge in [-0.05, 0) is 36.2 Å². The maximum absolute atomic E-state index is 12.6. The number of amides is 1. The van der Waals surface area contributed by atoms with Crippen molar-refractivity contribution in [1.82, 2.24) is 0 Å². The number of para-hydroxylation sites is 1. The molecule has 6 heteroatoms. The number of benzene rings is 2. The molecule has 3 rings (SSSR count). The van der Waals surface area contributed by atoms with Gasteiger partial charge in [0.15, 0.2) is 0 Å². The highest BCUT2D eigenvalue weighted by Gasteiger charge is 2.17. The lowest BCUT2D eigenvalue weighted by Gasteiger charge is -2.10. The summed E-state index contributed by atoms with van der Waals surface area (Å²) in [6.07, 6.45) is 2.28. The summed E-state index contributed by atoms with van der Waals surface area (Å²) >= 11 is 5.96. The Morgan fingerprint density at radius 1 is 1.31 bits per heavy atom. The molecular weight excluding hydrogens is 354 g/mol. The van der Waals surface area contributed by atoms with Gasteiger partial charge in [0.25, 0.3) is 5.91 Å². The first kappa shape index (κ1) is 17.8. The van der Waals surface area contributed by atoms with Crippen LogP contribution in [0.4, 0.5) is 5.69 Å². The highest BCUT2D eigenvalue weighted by molar-refractivity contribution is 6.31. The van der Waals surface area contributed by atoms with Crippen molar-refractivity contribution in [3.63, 3.8) is 0 Å². The minimum absolute atomic E-state index is 0.102. The molecule has 1 amide bonds. The molecule has 0 spiro atoms. The number of fused-ring (bicyclic) bond motifs is 1. The van der Waals surface area contributed by atoms with Gasteiger partial charge in [0.1, 0.15) is 16.9 Å². The zero-order valence-electron chi connectivity index (χ0n) is 14.0. The maximum atomic E-state index is 12.6. The molecule has 0 saturated heterocycles. The molecule has 0 aliphatic rings. The van der Waals surface area contributed by atoms with E-state index < -0.39 is 11.5 Å². The lowest BCUT2D eigenvalue weighted by Crippen LogP contribution is -2.21. The van der Waals surface area contributed by atoms with Gasteiger partial charge in [-0.2, -0.15) is 0 Å². The predicted octanol–water partition coefficient (Wildman–Crippen LogP) is 4.44. The summed E-state index contributed by atoms with van der Waals surface area (Å²) in [5.74, 6) is -0.170. The van der Waals surface area contributed by atoms with E-state index in [1.807, 2.05) is 12.1 Å². The van der Waals surface area contributed by atoms with E-state index in [-0.39, 0.29) is 5.56 Å². The molecule has 0 atom stereocenters. The molecule has 0 bridgehead atoms. The minimum atomic E-state index is -0.715. The van der Waals surface area contributed by atoms with Crippen molar-refractivity contribution in [3.8, 4) is 5.75 Å². The Hall–Kier alpha value is -3.05. The fourth-order valence-corrected chi connectivity index (χ4v) is 2.82. The number of hydrogen-bond donors (Lipinski definition) is 1. The van der Waals surface area contributed by atoms with Crippen LogP contribution in [0.3, 0.4) is 0 Å². The van der Waals surface area contributed by atoms with Crippen LogP contribution in [0.15, 0.2) is 64.3 Å². The summed E-state index contributed by atoms with van der Waals surface area (Å²) in [6.45, 7) is 3.69. The quantitative estimate of drug-likeness (QED) is 0.533. The van der Waals surface area contributed by atoms with E-state index in [4.69, 9.17) is 20.8 Å². The zero-order chi connectivity index (χ0) is 18.7. The normalized spacial score (nSPS) is 10.5. The highest BCUT2D eigenvalue weighted by Crippen LogP contribution is 2.28. The molecule has 0 aliphatic carbocycles. The van der Waals surface area contributed by atoms with Crippen molar-refractivity contribution < 1.29 is 13.9 Å². The Kier molecular flexibility index (Phi) is 5.09. The molecule has 1 N–H and O–H groups in total. The van der Waals surface area contributed by atoms with Gasteiger partial charge in [-0.1, -0.05) is 35.9 Å². The molecule has 0 fully saturated rings. The van der Waals surface area contributed by atoms with E-state index in [1.165, 1.54) is 13.2 Å². The number of hydrogen-bond acceptors (Lipinski definition) is 4. The number of allylic oxidation sites excluding steroid dienone is 1. The Balaban J connectivity index is 2.01. The molecule has 132 valence electrons. The number of ether oxygens (including phenoxy) is 1. The Morgan fingerprint density at radius 3 is 2.85 bits per heavy atom. The second kappa shape index (κ2) is 7.45. The van der Waals surface area contributed by atoms with Crippen LogP contribution >= 0.6 is 11.6 Å². The monoisotopic (exact) mass is 369 g/mol. The van der Waals surface area contributed by atoms with Gasteiger partial charge in [0, 0.05) is 10.4 Å². The molecular formula is C20H16ClNO4. The molecule has 0 saturated carbocycles. The van der Waals surface area contributed by atoms with E-state index in [1.54, 1.807) is 30.3 Å². The van der Waals surface area contributed by atoms with Gasteiger partial charge < -0.3 is 14.5 Å². The first-order valence-corrected chi connectivity index (χ1v) is 8.23. The lowest BCUT2D eigenvalue weighted by atomic mass is 10.1. The van der Waals surface area contributed by atoms with Crippen molar-refractivity contribution in [1.29, 1.82) is 0 Å². The average molecular weight is 370 g/mol. The van der Waals surface area contributed by atoms with Crippen LogP contribution in [-0.2, 0) is 6.42 Å². The van der Waals surface area contributed by atoms with Crippen molar-refractivity contribution in [3.05, 3.63) is 81.7 Å². The molecule has 26 heavy (non-hydrogen) atoms.